The minimum absolute atomic E-state index is 0.244. The minimum Gasteiger partial charge on any atom is -0.497 e. The number of nitrogens with zero attached hydrogens (tertiary/aromatic N) is 1. The smallest absolute Gasteiger partial charge is 0.119 e. The number of piperidine rings is 1. The summed E-state index contributed by atoms with van der Waals surface area (Å²) in [5.74, 6) is 0.839. The van der Waals surface area contributed by atoms with Crippen molar-refractivity contribution < 1.29 is 9.84 Å². The number of aliphatic hydroxyl groups excluding tert-OH is 1. The molecule has 0 radical (unpaired) electrons. The van der Waals surface area contributed by atoms with Crippen molar-refractivity contribution in [3.8, 4) is 5.75 Å². The van der Waals surface area contributed by atoms with Crippen LogP contribution in [0.1, 0.15) is 50.3 Å². The maximum absolute atomic E-state index is 10.7. The van der Waals surface area contributed by atoms with Crippen LogP contribution in [-0.2, 0) is 6.42 Å². The van der Waals surface area contributed by atoms with Gasteiger partial charge in [0.25, 0.3) is 0 Å². The van der Waals surface area contributed by atoms with E-state index < -0.39 is 0 Å². The van der Waals surface area contributed by atoms with Crippen LogP contribution in [0.2, 0.25) is 0 Å². The lowest BCUT2D eigenvalue weighted by molar-refractivity contribution is 0.0194. The first kappa shape index (κ1) is 14.9. The summed E-state index contributed by atoms with van der Waals surface area (Å²) in [4.78, 5) is 2.49. The second-order valence-electron chi connectivity index (χ2n) is 6.98. The predicted molar refractivity (Wildman–Crippen MR) is 84.7 cm³/mol. The van der Waals surface area contributed by atoms with Gasteiger partial charge in [0.2, 0.25) is 0 Å². The zero-order valence-electron chi connectivity index (χ0n) is 13.4. The maximum atomic E-state index is 10.7. The molecule has 0 amide bonds. The lowest BCUT2D eigenvalue weighted by Crippen LogP contribution is -2.46. The first-order valence-corrected chi connectivity index (χ1v) is 8.15. The standard InChI is InChI=1S/C18H27NO2/c1-4-18(2)7-9-19(10-8-18)16-11-13-5-6-14(21-3)12-15(13)17(16)20/h5-6,12,16-17,20H,4,7-11H2,1-3H3. The van der Waals surface area contributed by atoms with E-state index in [9.17, 15) is 5.11 Å². The molecule has 3 rings (SSSR count). The molecule has 1 aromatic rings. The van der Waals surface area contributed by atoms with Crippen molar-refractivity contribution in [3.63, 3.8) is 0 Å². The highest BCUT2D eigenvalue weighted by Crippen LogP contribution is 2.40. The average molecular weight is 289 g/mol. The molecule has 3 nitrogen and oxygen atoms in total. The van der Waals surface area contributed by atoms with E-state index in [0.717, 1.165) is 30.8 Å². The molecule has 0 saturated carbocycles. The Balaban J connectivity index is 1.72. The number of hydrogen-bond acceptors (Lipinski definition) is 3. The summed E-state index contributed by atoms with van der Waals surface area (Å²) in [6, 6.07) is 6.35. The van der Waals surface area contributed by atoms with Crippen molar-refractivity contribution in [2.45, 2.75) is 51.7 Å². The van der Waals surface area contributed by atoms with Gasteiger partial charge in [0.1, 0.15) is 5.75 Å². The molecular formula is C18H27NO2. The van der Waals surface area contributed by atoms with Crippen LogP contribution in [0.3, 0.4) is 0 Å². The van der Waals surface area contributed by atoms with Gasteiger partial charge in [-0.05, 0) is 61.0 Å². The summed E-state index contributed by atoms with van der Waals surface area (Å²) in [6.45, 7) is 6.91. The summed E-state index contributed by atoms with van der Waals surface area (Å²) < 4.78 is 5.29. The summed E-state index contributed by atoms with van der Waals surface area (Å²) in [5.41, 5.74) is 2.83. The summed E-state index contributed by atoms with van der Waals surface area (Å²) in [6.07, 6.45) is 4.33. The molecule has 3 heteroatoms. The molecule has 116 valence electrons. The highest BCUT2D eigenvalue weighted by Gasteiger charge is 2.38. The molecule has 2 atom stereocenters. The fourth-order valence-corrected chi connectivity index (χ4v) is 3.78. The molecule has 1 aliphatic carbocycles. The van der Waals surface area contributed by atoms with Gasteiger partial charge < -0.3 is 9.84 Å². The highest BCUT2D eigenvalue weighted by molar-refractivity contribution is 5.41. The van der Waals surface area contributed by atoms with Crippen LogP contribution in [0.15, 0.2) is 18.2 Å². The molecule has 21 heavy (non-hydrogen) atoms. The van der Waals surface area contributed by atoms with Crippen LogP contribution >= 0.6 is 0 Å². The van der Waals surface area contributed by atoms with Gasteiger partial charge >= 0.3 is 0 Å². The second-order valence-corrected chi connectivity index (χ2v) is 6.98. The molecule has 1 N–H and O–H groups in total. The lowest BCUT2D eigenvalue weighted by atomic mass is 9.78. The number of ether oxygens (including phenoxy) is 1. The van der Waals surface area contributed by atoms with Crippen molar-refractivity contribution in [3.05, 3.63) is 29.3 Å². The monoisotopic (exact) mass is 289 g/mol. The Bertz CT molecular complexity index is 506. The largest absolute Gasteiger partial charge is 0.497 e. The van der Waals surface area contributed by atoms with Crippen LogP contribution < -0.4 is 4.74 Å². The van der Waals surface area contributed by atoms with E-state index in [2.05, 4.69) is 24.8 Å². The highest BCUT2D eigenvalue weighted by atomic mass is 16.5. The Labute approximate surface area is 127 Å². The minimum atomic E-state index is -0.374. The summed E-state index contributed by atoms with van der Waals surface area (Å²) in [7, 11) is 1.68. The maximum Gasteiger partial charge on any atom is 0.119 e. The SMILES string of the molecule is CCC1(C)CCN(C2Cc3ccc(OC)cc3C2O)CC1. The van der Waals surface area contributed by atoms with E-state index in [-0.39, 0.29) is 12.1 Å². The topological polar surface area (TPSA) is 32.7 Å². The second kappa shape index (κ2) is 5.62. The lowest BCUT2D eigenvalue weighted by Gasteiger charge is -2.42. The molecule has 1 saturated heterocycles. The Morgan fingerprint density at radius 1 is 1.33 bits per heavy atom. The van der Waals surface area contributed by atoms with E-state index >= 15 is 0 Å². The molecule has 0 aromatic heterocycles. The number of likely N-dealkylation sites (tertiary alicyclic amines) is 1. The molecule has 2 unspecified atom stereocenters. The predicted octanol–water partition coefficient (Wildman–Crippen LogP) is 3.17. The van der Waals surface area contributed by atoms with E-state index in [0.29, 0.717) is 5.41 Å². The Morgan fingerprint density at radius 2 is 2.05 bits per heavy atom. The first-order valence-electron chi connectivity index (χ1n) is 8.15. The van der Waals surface area contributed by atoms with E-state index in [1.54, 1.807) is 7.11 Å². The normalized spacial score (nSPS) is 28.4. The first-order chi connectivity index (χ1) is 10.1. The van der Waals surface area contributed by atoms with Gasteiger partial charge in [-0.25, -0.2) is 0 Å². The van der Waals surface area contributed by atoms with Crippen LogP contribution in [0.4, 0.5) is 0 Å². The third-order valence-corrected chi connectivity index (χ3v) is 5.79. The zero-order chi connectivity index (χ0) is 15.0. The van der Waals surface area contributed by atoms with Gasteiger partial charge in [-0.15, -0.1) is 0 Å². The van der Waals surface area contributed by atoms with Gasteiger partial charge in [0, 0.05) is 6.04 Å². The van der Waals surface area contributed by atoms with Gasteiger partial charge in [-0.3, -0.25) is 4.90 Å². The third-order valence-electron chi connectivity index (χ3n) is 5.79. The van der Waals surface area contributed by atoms with Crippen LogP contribution in [-0.4, -0.2) is 36.2 Å². The van der Waals surface area contributed by atoms with Gasteiger partial charge in [0.05, 0.1) is 13.2 Å². The number of hydrogen-bond donors (Lipinski definition) is 1. The molecular weight excluding hydrogens is 262 g/mol. The van der Waals surface area contributed by atoms with E-state index in [1.165, 1.54) is 24.8 Å². The average Bonchev–Trinajstić information content (AvgIpc) is 2.84. The number of fused-ring (bicyclic) bond motifs is 1. The van der Waals surface area contributed by atoms with Crippen molar-refractivity contribution >= 4 is 0 Å². The van der Waals surface area contributed by atoms with E-state index in [1.807, 2.05) is 12.1 Å². The number of benzene rings is 1. The molecule has 0 bridgehead atoms. The van der Waals surface area contributed by atoms with E-state index in [4.69, 9.17) is 4.74 Å². The fraction of sp³-hybridized carbons (Fsp3) is 0.667. The Kier molecular flexibility index (Phi) is 3.98. The number of aliphatic hydroxyl groups is 1. The third kappa shape index (κ3) is 2.69. The molecule has 0 spiro atoms. The van der Waals surface area contributed by atoms with Gasteiger partial charge in [-0.1, -0.05) is 26.3 Å². The molecule has 1 aliphatic heterocycles. The van der Waals surface area contributed by atoms with Crippen LogP contribution in [0, 0.1) is 5.41 Å². The van der Waals surface area contributed by atoms with Crippen molar-refractivity contribution in [2.24, 2.45) is 5.41 Å². The van der Waals surface area contributed by atoms with Gasteiger partial charge in [-0.2, -0.15) is 0 Å². The van der Waals surface area contributed by atoms with Crippen LogP contribution in [0.5, 0.6) is 5.75 Å². The summed E-state index contributed by atoms with van der Waals surface area (Å²) in [5, 5.41) is 10.7. The van der Waals surface area contributed by atoms with Crippen molar-refractivity contribution in [2.75, 3.05) is 20.2 Å². The fourth-order valence-electron chi connectivity index (χ4n) is 3.78. The summed E-state index contributed by atoms with van der Waals surface area (Å²) >= 11 is 0. The number of methoxy groups -OCH3 is 1. The van der Waals surface area contributed by atoms with Crippen molar-refractivity contribution in [1.29, 1.82) is 0 Å². The molecule has 1 aromatic carbocycles. The van der Waals surface area contributed by atoms with Crippen molar-refractivity contribution in [1.82, 2.24) is 4.90 Å². The quantitative estimate of drug-likeness (QED) is 0.927. The Hall–Kier alpha value is -1.06. The Morgan fingerprint density at radius 3 is 2.67 bits per heavy atom. The van der Waals surface area contributed by atoms with Gasteiger partial charge in [0.15, 0.2) is 0 Å². The van der Waals surface area contributed by atoms with Crippen LogP contribution in [0.25, 0.3) is 0 Å². The number of rotatable bonds is 3. The molecule has 2 aliphatic rings. The molecule has 1 fully saturated rings. The molecule has 1 heterocycles. The zero-order valence-corrected chi connectivity index (χ0v) is 13.4.